The zero-order valence-corrected chi connectivity index (χ0v) is 15.5. The third-order valence-electron chi connectivity index (χ3n) is 4.70. The molecule has 3 aromatic rings. The van der Waals surface area contributed by atoms with Crippen molar-refractivity contribution in [3.05, 3.63) is 82.1 Å². The van der Waals surface area contributed by atoms with Crippen molar-refractivity contribution in [3.63, 3.8) is 0 Å². The molecule has 1 aliphatic rings. The van der Waals surface area contributed by atoms with Crippen molar-refractivity contribution in [3.8, 4) is 0 Å². The topological polar surface area (TPSA) is 51.0 Å². The Kier molecular flexibility index (Phi) is 4.66. The fraction of sp³-hybridized carbons (Fsp3) is 0.250. The number of hydrogen-bond acceptors (Lipinski definition) is 3. The van der Waals surface area contributed by atoms with E-state index in [1.54, 1.807) is 4.90 Å². The fourth-order valence-corrected chi connectivity index (χ4v) is 3.75. The Balaban J connectivity index is 1.58. The van der Waals surface area contributed by atoms with Gasteiger partial charge >= 0.3 is 0 Å². The van der Waals surface area contributed by atoms with E-state index >= 15 is 0 Å². The number of amides is 1. The van der Waals surface area contributed by atoms with Gasteiger partial charge in [0.1, 0.15) is 11.6 Å². The monoisotopic (exact) mass is 384 g/mol. The molecule has 0 radical (unpaired) electrons. The molecule has 1 amide bonds. The van der Waals surface area contributed by atoms with Crippen LogP contribution in [0.2, 0.25) is 5.02 Å². The molecular formula is C20H18ClFN4O. The lowest BCUT2D eigenvalue weighted by molar-refractivity contribution is 0.0679. The summed E-state index contributed by atoms with van der Waals surface area (Å²) in [5.74, 6) is 0.825. The summed E-state index contributed by atoms with van der Waals surface area (Å²) < 4.78 is 15.7. The number of carbonyl (C=O) groups is 1. The molecule has 2 heterocycles. The fourth-order valence-electron chi connectivity index (χ4n) is 3.53. The van der Waals surface area contributed by atoms with Gasteiger partial charge in [-0.25, -0.2) is 4.39 Å². The average molecular weight is 385 g/mol. The third kappa shape index (κ3) is 3.57. The molecule has 5 nitrogen and oxygen atoms in total. The van der Waals surface area contributed by atoms with Gasteiger partial charge in [-0.1, -0.05) is 41.9 Å². The Morgan fingerprint density at radius 1 is 1.22 bits per heavy atom. The lowest BCUT2D eigenvalue weighted by Crippen LogP contribution is -2.40. The number of rotatable bonds is 3. The largest absolute Gasteiger partial charge is 0.329 e. The van der Waals surface area contributed by atoms with Crippen LogP contribution in [0, 0.1) is 5.82 Å². The first kappa shape index (κ1) is 17.7. The van der Waals surface area contributed by atoms with Gasteiger partial charge in [0.2, 0.25) is 0 Å². The molecule has 0 fully saturated rings. The molecule has 27 heavy (non-hydrogen) atoms. The summed E-state index contributed by atoms with van der Waals surface area (Å²) in [6, 6.07) is 14.0. The van der Waals surface area contributed by atoms with Crippen LogP contribution in [-0.4, -0.2) is 32.1 Å². The number of carbonyl (C=O) groups excluding carboxylic acids is 1. The van der Waals surface area contributed by atoms with Gasteiger partial charge in [-0.15, -0.1) is 10.2 Å². The Hall–Kier alpha value is -2.73. The van der Waals surface area contributed by atoms with Crippen LogP contribution in [0.5, 0.6) is 0 Å². The number of fused-ring (bicyclic) bond motifs is 1. The highest BCUT2D eigenvalue weighted by Crippen LogP contribution is 2.25. The summed E-state index contributed by atoms with van der Waals surface area (Å²) in [6.45, 7) is 2.86. The van der Waals surface area contributed by atoms with Crippen LogP contribution in [0.15, 0.2) is 48.5 Å². The van der Waals surface area contributed by atoms with Gasteiger partial charge in [-0.05, 0) is 30.7 Å². The van der Waals surface area contributed by atoms with Gasteiger partial charge in [0.25, 0.3) is 5.91 Å². The van der Waals surface area contributed by atoms with Crippen LogP contribution >= 0.6 is 11.6 Å². The van der Waals surface area contributed by atoms with Crippen LogP contribution < -0.4 is 0 Å². The minimum Gasteiger partial charge on any atom is -0.329 e. The molecule has 0 bridgehead atoms. The lowest BCUT2D eigenvalue weighted by atomic mass is 10.1. The van der Waals surface area contributed by atoms with Gasteiger partial charge in [0.05, 0.1) is 12.6 Å². The standard InChI is InChI=1S/C20H18ClFN4O/c1-13-11-25(20(27)15-8-16(21)10-17(22)9-15)12-19-24-23-18(26(13)19)7-14-5-3-2-4-6-14/h2-6,8-10,13H,7,11-12H2,1H3/t13-/m0/s1. The Bertz CT molecular complexity index is 969. The molecule has 1 aromatic heterocycles. The van der Waals surface area contributed by atoms with E-state index in [-0.39, 0.29) is 22.5 Å². The van der Waals surface area contributed by atoms with Gasteiger partial charge in [-0.3, -0.25) is 4.79 Å². The number of halogens is 2. The Morgan fingerprint density at radius 2 is 2.00 bits per heavy atom. The van der Waals surface area contributed by atoms with Crippen molar-refractivity contribution < 1.29 is 9.18 Å². The minimum atomic E-state index is -0.524. The van der Waals surface area contributed by atoms with E-state index in [0.29, 0.717) is 19.5 Å². The molecule has 1 atom stereocenters. The first-order valence-electron chi connectivity index (χ1n) is 8.73. The maximum atomic E-state index is 13.6. The summed E-state index contributed by atoms with van der Waals surface area (Å²) in [5, 5.41) is 8.82. The average Bonchev–Trinajstić information content (AvgIpc) is 3.04. The predicted molar refractivity (Wildman–Crippen MR) is 100 cm³/mol. The molecule has 0 unspecified atom stereocenters. The lowest BCUT2D eigenvalue weighted by Gasteiger charge is -2.32. The quantitative estimate of drug-likeness (QED) is 0.688. The van der Waals surface area contributed by atoms with E-state index in [4.69, 9.17) is 11.6 Å². The van der Waals surface area contributed by atoms with Crippen molar-refractivity contribution >= 4 is 17.5 Å². The van der Waals surface area contributed by atoms with Crippen LogP contribution in [0.25, 0.3) is 0 Å². The predicted octanol–water partition coefficient (Wildman–Crippen LogP) is 3.88. The van der Waals surface area contributed by atoms with Gasteiger partial charge in [-0.2, -0.15) is 0 Å². The van der Waals surface area contributed by atoms with E-state index in [2.05, 4.69) is 26.9 Å². The third-order valence-corrected chi connectivity index (χ3v) is 4.91. The number of aromatic nitrogens is 3. The Morgan fingerprint density at radius 3 is 2.74 bits per heavy atom. The van der Waals surface area contributed by atoms with E-state index in [9.17, 15) is 9.18 Å². The Labute approximate surface area is 161 Å². The summed E-state index contributed by atoms with van der Waals surface area (Å²) >= 11 is 5.89. The molecule has 0 saturated carbocycles. The zero-order valence-electron chi connectivity index (χ0n) is 14.8. The molecular weight excluding hydrogens is 367 g/mol. The van der Waals surface area contributed by atoms with Gasteiger partial charge < -0.3 is 9.47 Å². The van der Waals surface area contributed by atoms with Gasteiger partial charge in [0, 0.05) is 23.6 Å². The molecule has 4 rings (SSSR count). The first-order valence-corrected chi connectivity index (χ1v) is 9.11. The maximum Gasteiger partial charge on any atom is 0.254 e. The van der Waals surface area contributed by atoms with Gasteiger partial charge in [0.15, 0.2) is 5.82 Å². The van der Waals surface area contributed by atoms with Crippen molar-refractivity contribution in [2.75, 3.05) is 6.54 Å². The van der Waals surface area contributed by atoms with Crippen LogP contribution in [0.1, 0.15) is 40.5 Å². The van der Waals surface area contributed by atoms with Crippen molar-refractivity contribution in [2.24, 2.45) is 0 Å². The second kappa shape index (κ2) is 7.12. The molecule has 138 valence electrons. The van der Waals surface area contributed by atoms with E-state index in [1.807, 2.05) is 25.1 Å². The summed E-state index contributed by atoms with van der Waals surface area (Å²) in [7, 11) is 0. The smallest absolute Gasteiger partial charge is 0.254 e. The molecule has 7 heteroatoms. The summed E-state index contributed by atoms with van der Waals surface area (Å²) in [5.41, 5.74) is 1.40. The van der Waals surface area contributed by atoms with Crippen molar-refractivity contribution in [1.29, 1.82) is 0 Å². The highest BCUT2D eigenvalue weighted by molar-refractivity contribution is 6.31. The molecule has 0 aliphatic carbocycles. The number of nitrogens with zero attached hydrogens (tertiary/aromatic N) is 4. The molecule has 0 N–H and O–H groups in total. The molecule has 0 saturated heterocycles. The summed E-state index contributed by atoms with van der Waals surface area (Å²) in [4.78, 5) is 14.5. The number of benzene rings is 2. The van der Waals surface area contributed by atoms with E-state index in [1.165, 1.54) is 18.2 Å². The maximum absolute atomic E-state index is 13.6. The second-order valence-electron chi connectivity index (χ2n) is 6.76. The molecule has 0 spiro atoms. The first-order chi connectivity index (χ1) is 13.0. The van der Waals surface area contributed by atoms with Crippen molar-refractivity contribution in [1.82, 2.24) is 19.7 Å². The number of hydrogen-bond donors (Lipinski definition) is 0. The highest BCUT2D eigenvalue weighted by Gasteiger charge is 2.30. The van der Waals surface area contributed by atoms with E-state index in [0.717, 1.165) is 17.2 Å². The van der Waals surface area contributed by atoms with Crippen LogP contribution in [0.3, 0.4) is 0 Å². The molecule has 2 aromatic carbocycles. The second-order valence-corrected chi connectivity index (χ2v) is 7.19. The highest BCUT2D eigenvalue weighted by atomic mass is 35.5. The van der Waals surface area contributed by atoms with E-state index < -0.39 is 5.82 Å². The minimum absolute atomic E-state index is 0.0236. The normalized spacial score (nSPS) is 16.3. The van der Waals surface area contributed by atoms with Crippen LogP contribution in [-0.2, 0) is 13.0 Å². The van der Waals surface area contributed by atoms with Crippen molar-refractivity contribution in [2.45, 2.75) is 25.9 Å². The molecule has 1 aliphatic heterocycles. The van der Waals surface area contributed by atoms with Crippen LogP contribution in [0.4, 0.5) is 4.39 Å². The summed E-state index contributed by atoms with van der Waals surface area (Å²) in [6.07, 6.45) is 0.686. The SMILES string of the molecule is C[C@H]1CN(C(=O)c2cc(F)cc(Cl)c2)Cc2nnc(Cc3ccccc3)n21. The zero-order chi connectivity index (χ0) is 19.0.